The zero-order chi connectivity index (χ0) is 9.97. The zero-order valence-corrected chi connectivity index (χ0v) is 8.66. The number of aryl methyl sites for hydroxylation is 1. The number of aromatic nitrogens is 4. The molecule has 0 spiro atoms. The number of hydrogen-bond acceptors (Lipinski definition) is 5. The summed E-state index contributed by atoms with van der Waals surface area (Å²) in [4.78, 5) is 4.34. The van der Waals surface area contributed by atoms with Crippen LogP contribution in [0.25, 0.3) is 5.13 Å². The molecule has 0 saturated heterocycles. The summed E-state index contributed by atoms with van der Waals surface area (Å²) < 4.78 is 5.87. The van der Waals surface area contributed by atoms with E-state index < -0.39 is 0 Å². The Labute approximate surface area is 85.8 Å². The zero-order valence-electron chi connectivity index (χ0n) is 7.84. The van der Waals surface area contributed by atoms with E-state index in [0.29, 0.717) is 5.69 Å². The van der Waals surface area contributed by atoms with Crippen LogP contribution >= 0.6 is 11.5 Å². The maximum Gasteiger partial charge on any atom is 0.230 e. The fourth-order valence-electron chi connectivity index (χ4n) is 1.10. The number of rotatable bonds is 3. The van der Waals surface area contributed by atoms with Gasteiger partial charge < -0.3 is 5.73 Å². The van der Waals surface area contributed by atoms with Gasteiger partial charge in [0.1, 0.15) is 5.82 Å². The van der Waals surface area contributed by atoms with E-state index >= 15 is 0 Å². The van der Waals surface area contributed by atoms with E-state index in [1.54, 1.807) is 17.1 Å². The van der Waals surface area contributed by atoms with Gasteiger partial charge in [-0.1, -0.05) is 6.92 Å². The number of nitrogens with two attached hydrogens (primary N) is 1. The van der Waals surface area contributed by atoms with Gasteiger partial charge in [-0.3, -0.25) is 0 Å². The summed E-state index contributed by atoms with van der Waals surface area (Å²) in [5.41, 5.74) is 6.19. The Morgan fingerprint density at radius 3 is 3.07 bits per heavy atom. The summed E-state index contributed by atoms with van der Waals surface area (Å²) in [6.07, 6.45) is 5.29. The predicted octanol–water partition coefficient (Wildman–Crippen LogP) is 1.26. The highest BCUT2D eigenvalue weighted by Crippen LogP contribution is 2.12. The van der Waals surface area contributed by atoms with Gasteiger partial charge in [0.2, 0.25) is 5.13 Å². The van der Waals surface area contributed by atoms with E-state index in [2.05, 4.69) is 21.4 Å². The third-order valence-electron chi connectivity index (χ3n) is 1.73. The molecule has 2 rings (SSSR count). The second kappa shape index (κ2) is 3.75. The van der Waals surface area contributed by atoms with Crippen LogP contribution in [0.3, 0.4) is 0 Å². The summed E-state index contributed by atoms with van der Waals surface area (Å²) in [6.45, 7) is 2.10. The van der Waals surface area contributed by atoms with Gasteiger partial charge in [-0.2, -0.15) is 9.47 Å². The topological polar surface area (TPSA) is 69.6 Å². The van der Waals surface area contributed by atoms with Gasteiger partial charge in [-0.05, 0) is 6.42 Å². The molecule has 0 fully saturated rings. The molecule has 2 N–H and O–H groups in total. The fraction of sp³-hybridized carbons (Fsp3) is 0.375. The Kier molecular flexibility index (Phi) is 2.45. The first kappa shape index (κ1) is 9.14. The van der Waals surface area contributed by atoms with Crippen molar-refractivity contribution in [2.75, 3.05) is 5.73 Å². The van der Waals surface area contributed by atoms with Gasteiger partial charge in [-0.25, -0.2) is 9.67 Å². The normalized spacial score (nSPS) is 10.6. The Hall–Kier alpha value is -1.43. The van der Waals surface area contributed by atoms with E-state index in [-0.39, 0.29) is 0 Å². The van der Waals surface area contributed by atoms with Gasteiger partial charge in [0.25, 0.3) is 0 Å². The molecular weight excluding hydrogens is 198 g/mol. The van der Waals surface area contributed by atoms with Crippen molar-refractivity contribution < 1.29 is 0 Å². The van der Waals surface area contributed by atoms with Crippen molar-refractivity contribution in [3.05, 3.63) is 18.2 Å². The van der Waals surface area contributed by atoms with Crippen LogP contribution in [0.15, 0.2) is 12.4 Å². The van der Waals surface area contributed by atoms with Gasteiger partial charge in [0, 0.05) is 18.0 Å². The molecule has 2 aromatic heterocycles. The lowest BCUT2D eigenvalue weighted by molar-refractivity contribution is 0.825. The largest absolute Gasteiger partial charge is 0.396 e. The van der Waals surface area contributed by atoms with Crippen molar-refractivity contribution >= 4 is 17.2 Å². The Morgan fingerprint density at radius 2 is 2.43 bits per heavy atom. The van der Waals surface area contributed by atoms with Crippen LogP contribution in [0.2, 0.25) is 0 Å². The lowest BCUT2D eigenvalue weighted by atomic mass is 10.3. The van der Waals surface area contributed by atoms with Crippen LogP contribution in [0.4, 0.5) is 5.69 Å². The van der Waals surface area contributed by atoms with Crippen molar-refractivity contribution in [3.63, 3.8) is 0 Å². The molecule has 0 aliphatic heterocycles. The smallest absolute Gasteiger partial charge is 0.230 e. The van der Waals surface area contributed by atoms with Crippen molar-refractivity contribution in [3.8, 4) is 5.13 Å². The Balaban J connectivity index is 2.24. The molecule has 2 heterocycles. The van der Waals surface area contributed by atoms with E-state index in [9.17, 15) is 0 Å². The van der Waals surface area contributed by atoms with Crippen molar-refractivity contribution in [2.24, 2.45) is 0 Å². The Morgan fingerprint density at radius 1 is 1.57 bits per heavy atom. The molecule has 0 bridgehead atoms. The minimum Gasteiger partial charge on any atom is -0.396 e. The summed E-state index contributed by atoms with van der Waals surface area (Å²) in [5, 5.41) is 4.83. The van der Waals surface area contributed by atoms with Crippen molar-refractivity contribution in [2.45, 2.75) is 19.8 Å². The monoisotopic (exact) mass is 209 g/mol. The van der Waals surface area contributed by atoms with E-state index in [4.69, 9.17) is 5.73 Å². The maximum atomic E-state index is 5.55. The molecule has 0 radical (unpaired) electrons. The molecule has 0 aromatic carbocycles. The quantitative estimate of drug-likeness (QED) is 0.826. The summed E-state index contributed by atoms with van der Waals surface area (Å²) >= 11 is 1.34. The summed E-state index contributed by atoms with van der Waals surface area (Å²) in [6, 6.07) is 0. The van der Waals surface area contributed by atoms with Crippen LogP contribution in [-0.4, -0.2) is 19.1 Å². The van der Waals surface area contributed by atoms with Gasteiger partial charge in [0.15, 0.2) is 0 Å². The van der Waals surface area contributed by atoms with Gasteiger partial charge in [-0.15, -0.1) is 0 Å². The maximum absolute atomic E-state index is 5.55. The van der Waals surface area contributed by atoms with Gasteiger partial charge >= 0.3 is 0 Å². The van der Waals surface area contributed by atoms with Crippen LogP contribution in [0, 0.1) is 0 Å². The summed E-state index contributed by atoms with van der Waals surface area (Å²) in [5.74, 6) is 0.876. The van der Waals surface area contributed by atoms with E-state index in [0.717, 1.165) is 23.8 Å². The first-order valence-electron chi connectivity index (χ1n) is 4.42. The highest BCUT2D eigenvalue weighted by Gasteiger charge is 2.05. The molecule has 0 unspecified atom stereocenters. The molecule has 14 heavy (non-hydrogen) atoms. The molecular formula is C8H11N5S. The average Bonchev–Trinajstić information content (AvgIpc) is 2.74. The highest BCUT2D eigenvalue weighted by atomic mass is 32.1. The molecule has 0 saturated carbocycles. The lowest BCUT2D eigenvalue weighted by Gasteiger charge is -1.90. The fourth-order valence-corrected chi connectivity index (χ4v) is 1.75. The van der Waals surface area contributed by atoms with Crippen LogP contribution < -0.4 is 5.73 Å². The first-order valence-corrected chi connectivity index (χ1v) is 5.20. The third kappa shape index (κ3) is 1.74. The van der Waals surface area contributed by atoms with E-state index in [1.807, 2.05) is 0 Å². The lowest BCUT2D eigenvalue weighted by Crippen LogP contribution is -1.94. The van der Waals surface area contributed by atoms with Crippen LogP contribution in [-0.2, 0) is 6.42 Å². The van der Waals surface area contributed by atoms with Crippen LogP contribution in [0.5, 0.6) is 0 Å². The molecule has 2 aromatic rings. The first-order chi connectivity index (χ1) is 6.79. The average molecular weight is 209 g/mol. The predicted molar refractivity (Wildman–Crippen MR) is 55.4 cm³/mol. The molecule has 0 amide bonds. The molecule has 6 heteroatoms. The number of hydrogen-bond donors (Lipinski definition) is 1. The minimum atomic E-state index is 0.636. The number of nitrogen functional groups attached to an aromatic ring is 1. The molecule has 74 valence electrons. The van der Waals surface area contributed by atoms with Gasteiger partial charge in [0.05, 0.1) is 18.1 Å². The second-order valence-corrected chi connectivity index (χ2v) is 3.69. The number of anilines is 1. The molecule has 0 aliphatic rings. The number of nitrogens with zero attached hydrogens (tertiary/aromatic N) is 4. The summed E-state index contributed by atoms with van der Waals surface area (Å²) in [7, 11) is 0. The minimum absolute atomic E-state index is 0.636. The van der Waals surface area contributed by atoms with Crippen LogP contribution in [0.1, 0.15) is 19.2 Å². The van der Waals surface area contributed by atoms with Crippen molar-refractivity contribution in [1.82, 2.24) is 19.1 Å². The second-order valence-electron chi connectivity index (χ2n) is 2.96. The molecule has 5 nitrogen and oxygen atoms in total. The van der Waals surface area contributed by atoms with E-state index in [1.165, 1.54) is 11.5 Å². The SMILES string of the molecule is CCCc1nsc(-n2cc(N)cn2)n1. The van der Waals surface area contributed by atoms with Crippen molar-refractivity contribution in [1.29, 1.82) is 0 Å². The Bertz CT molecular complexity index is 419. The standard InChI is InChI=1S/C8H11N5S/c1-2-3-7-11-8(14-12-7)13-5-6(9)4-10-13/h4-5H,2-3,9H2,1H3. The molecule has 0 atom stereocenters. The third-order valence-corrected chi connectivity index (χ3v) is 2.47. The highest BCUT2D eigenvalue weighted by molar-refractivity contribution is 7.08. The molecule has 0 aliphatic carbocycles.